The molecular formula is C20H22BrN3O2. The molecule has 1 amide bonds. The van der Waals surface area contributed by atoms with E-state index >= 15 is 0 Å². The zero-order chi connectivity index (χ0) is 18.4. The number of benzene rings is 1. The molecule has 3 rings (SSSR count). The normalized spacial score (nSPS) is 15.4. The van der Waals surface area contributed by atoms with Crippen molar-refractivity contribution in [2.45, 2.75) is 6.54 Å². The van der Waals surface area contributed by atoms with Gasteiger partial charge in [-0.05, 0) is 35.9 Å². The molecule has 136 valence electrons. The van der Waals surface area contributed by atoms with Crippen molar-refractivity contribution in [1.29, 1.82) is 0 Å². The molecule has 1 aliphatic rings. The molecule has 0 unspecified atom stereocenters. The smallest absolute Gasteiger partial charge is 0.246 e. The number of hydrogen-bond donors (Lipinski definition) is 0. The van der Waals surface area contributed by atoms with E-state index in [4.69, 9.17) is 4.74 Å². The molecule has 6 heteroatoms. The number of methoxy groups -OCH3 is 1. The summed E-state index contributed by atoms with van der Waals surface area (Å²) in [6.45, 7) is 4.09. The minimum absolute atomic E-state index is 0.0352. The first-order valence-electron chi connectivity index (χ1n) is 8.57. The van der Waals surface area contributed by atoms with E-state index in [0.29, 0.717) is 0 Å². The molecule has 1 saturated heterocycles. The highest BCUT2D eigenvalue weighted by atomic mass is 79.9. The van der Waals surface area contributed by atoms with Crippen molar-refractivity contribution in [1.82, 2.24) is 14.8 Å². The van der Waals surface area contributed by atoms with Gasteiger partial charge in [-0.15, -0.1) is 0 Å². The van der Waals surface area contributed by atoms with Crippen LogP contribution in [0.2, 0.25) is 0 Å². The summed E-state index contributed by atoms with van der Waals surface area (Å²) in [4.78, 5) is 20.9. The second-order valence-corrected chi connectivity index (χ2v) is 7.10. The lowest BCUT2D eigenvalue weighted by molar-refractivity contribution is -0.127. The summed E-state index contributed by atoms with van der Waals surface area (Å²) < 4.78 is 6.29. The summed E-state index contributed by atoms with van der Waals surface area (Å²) in [5.41, 5.74) is 2.08. The van der Waals surface area contributed by atoms with E-state index in [-0.39, 0.29) is 5.91 Å². The largest absolute Gasteiger partial charge is 0.496 e. The van der Waals surface area contributed by atoms with E-state index in [0.717, 1.165) is 48.5 Å². The van der Waals surface area contributed by atoms with E-state index < -0.39 is 0 Å². The molecular weight excluding hydrogens is 394 g/mol. The van der Waals surface area contributed by atoms with Crippen molar-refractivity contribution >= 4 is 27.9 Å². The first kappa shape index (κ1) is 18.6. The fourth-order valence-corrected chi connectivity index (χ4v) is 3.36. The summed E-state index contributed by atoms with van der Waals surface area (Å²) in [6, 6.07) is 9.77. The standard InChI is InChI=1S/C20H22BrN3O2/c1-26-19-6-5-18(21)13-17(19)4-7-20(25)24-11-9-23(10-12-24)15-16-3-2-8-22-14-16/h2-8,13-14H,9-12,15H2,1H3/b7-4+. The average molecular weight is 416 g/mol. The molecule has 0 bridgehead atoms. The van der Waals surface area contributed by atoms with Gasteiger partial charge in [0.15, 0.2) is 0 Å². The number of aromatic nitrogens is 1. The molecule has 0 aliphatic carbocycles. The minimum Gasteiger partial charge on any atom is -0.496 e. The second-order valence-electron chi connectivity index (χ2n) is 6.18. The molecule has 0 radical (unpaired) electrons. The highest BCUT2D eigenvalue weighted by Crippen LogP contribution is 2.24. The molecule has 5 nitrogen and oxygen atoms in total. The van der Waals surface area contributed by atoms with Crippen LogP contribution >= 0.6 is 15.9 Å². The number of piperazine rings is 1. The van der Waals surface area contributed by atoms with Crippen LogP contribution in [-0.4, -0.2) is 54.0 Å². The molecule has 26 heavy (non-hydrogen) atoms. The number of hydrogen-bond acceptors (Lipinski definition) is 4. The number of carbonyl (C=O) groups is 1. The third kappa shape index (κ3) is 4.93. The lowest BCUT2D eigenvalue weighted by Crippen LogP contribution is -2.47. The maximum absolute atomic E-state index is 12.5. The summed E-state index contributed by atoms with van der Waals surface area (Å²) >= 11 is 3.45. The first-order chi connectivity index (χ1) is 12.7. The van der Waals surface area contributed by atoms with E-state index in [9.17, 15) is 4.79 Å². The third-order valence-electron chi connectivity index (χ3n) is 4.41. The van der Waals surface area contributed by atoms with E-state index in [2.05, 4.69) is 31.9 Å². The maximum Gasteiger partial charge on any atom is 0.246 e. The Hall–Kier alpha value is -2.18. The summed E-state index contributed by atoms with van der Waals surface area (Å²) in [5.74, 6) is 0.784. The third-order valence-corrected chi connectivity index (χ3v) is 4.90. The number of ether oxygens (including phenoxy) is 1. The number of nitrogens with zero attached hydrogens (tertiary/aromatic N) is 3. The quantitative estimate of drug-likeness (QED) is 0.703. The van der Waals surface area contributed by atoms with Gasteiger partial charge in [0.1, 0.15) is 5.75 Å². The van der Waals surface area contributed by atoms with Gasteiger partial charge in [-0.2, -0.15) is 0 Å². The molecule has 0 saturated carbocycles. The Morgan fingerprint density at radius 2 is 2.08 bits per heavy atom. The number of carbonyl (C=O) groups excluding carboxylic acids is 1. The van der Waals surface area contributed by atoms with E-state index in [1.807, 2.05) is 41.4 Å². The Morgan fingerprint density at radius 3 is 2.77 bits per heavy atom. The average Bonchev–Trinajstić information content (AvgIpc) is 2.67. The van der Waals surface area contributed by atoms with E-state index in [1.54, 1.807) is 19.4 Å². The molecule has 1 fully saturated rings. The highest BCUT2D eigenvalue weighted by molar-refractivity contribution is 9.10. The van der Waals surface area contributed by atoms with Gasteiger partial charge in [-0.1, -0.05) is 22.0 Å². The first-order valence-corrected chi connectivity index (χ1v) is 9.37. The van der Waals surface area contributed by atoms with Gasteiger partial charge in [0.2, 0.25) is 5.91 Å². The van der Waals surface area contributed by atoms with Crippen molar-refractivity contribution in [2.24, 2.45) is 0 Å². The summed E-state index contributed by atoms with van der Waals surface area (Å²) in [5, 5.41) is 0. The molecule has 1 aromatic carbocycles. The Balaban J connectivity index is 1.54. The van der Waals surface area contributed by atoms with Crippen molar-refractivity contribution in [2.75, 3.05) is 33.3 Å². The zero-order valence-electron chi connectivity index (χ0n) is 14.8. The van der Waals surface area contributed by atoms with Crippen LogP contribution in [0.1, 0.15) is 11.1 Å². The van der Waals surface area contributed by atoms with Crippen molar-refractivity contribution in [3.05, 3.63) is 64.4 Å². The van der Waals surface area contributed by atoms with Crippen LogP contribution in [0, 0.1) is 0 Å². The van der Waals surface area contributed by atoms with Crippen LogP contribution in [0.4, 0.5) is 0 Å². The Kier molecular flexibility index (Phi) is 6.41. The molecule has 0 N–H and O–H groups in total. The van der Waals surface area contributed by atoms with E-state index in [1.165, 1.54) is 5.56 Å². The highest BCUT2D eigenvalue weighted by Gasteiger charge is 2.19. The lowest BCUT2D eigenvalue weighted by Gasteiger charge is -2.34. The van der Waals surface area contributed by atoms with Gasteiger partial charge >= 0.3 is 0 Å². The monoisotopic (exact) mass is 415 g/mol. The maximum atomic E-state index is 12.5. The van der Waals surface area contributed by atoms with Gasteiger partial charge in [-0.3, -0.25) is 14.7 Å². The topological polar surface area (TPSA) is 45.7 Å². The van der Waals surface area contributed by atoms with Crippen LogP contribution in [0.25, 0.3) is 6.08 Å². The predicted molar refractivity (Wildman–Crippen MR) is 106 cm³/mol. The van der Waals surface area contributed by atoms with Gasteiger partial charge in [0, 0.05) is 61.2 Å². The predicted octanol–water partition coefficient (Wildman–Crippen LogP) is 3.21. The molecule has 2 aromatic rings. The van der Waals surface area contributed by atoms with Gasteiger partial charge < -0.3 is 9.64 Å². The van der Waals surface area contributed by atoms with Gasteiger partial charge in [0.05, 0.1) is 7.11 Å². The fraction of sp³-hybridized carbons (Fsp3) is 0.300. The Morgan fingerprint density at radius 1 is 1.27 bits per heavy atom. The van der Waals surface area contributed by atoms with Crippen LogP contribution in [-0.2, 0) is 11.3 Å². The van der Waals surface area contributed by atoms with Gasteiger partial charge in [-0.25, -0.2) is 0 Å². The summed E-state index contributed by atoms with van der Waals surface area (Å²) in [7, 11) is 1.63. The number of halogens is 1. The lowest BCUT2D eigenvalue weighted by atomic mass is 10.2. The van der Waals surface area contributed by atoms with Crippen LogP contribution in [0.15, 0.2) is 53.3 Å². The van der Waals surface area contributed by atoms with Crippen molar-refractivity contribution < 1.29 is 9.53 Å². The minimum atomic E-state index is 0.0352. The van der Waals surface area contributed by atoms with Crippen molar-refractivity contribution in [3.63, 3.8) is 0 Å². The zero-order valence-corrected chi connectivity index (χ0v) is 16.4. The fourth-order valence-electron chi connectivity index (χ4n) is 2.98. The van der Waals surface area contributed by atoms with Gasteiger partial charge in [0.25, 0.3) is 0 Å². The molecule has 1 aliphatic heterocycles. The number of rotatable bonds is 5. The molecule has 0 atom stereocenters. The summed E-state index contributed by atoms with van der Waals surface area (Å²) in [6.07, 6.45) is 7.12. The molecule has 2 heterocycles. The van der Waals surface area contributed by atoms with Crippen molar-refractivity contribution in [3.8, 4) is 5.75 Å². The molecule has 1 aromatic heterocycles. The Labute approximate surface area is 162 Å². The Bertz CT molecular complexity index is 772. The van der Waals surface area contributed by atoms with Crippen LogP contribution < -0.4 is 4.74 Å². The number of pyridine rings is 1. The van der Waals surface area contributed by atoms with Crippen LogP contribution in [0.5, 0.6) is 5.75 Å². The van der Waals surface area contributed by atoms with Crippen LogP contribution in [0.3, 0.4) is 0 Å². The second kappa shape index (κ2) is 8.96. The SMILES string of the molecule is COc1ccc(Br)cc1/C=C/C(=O)N1CCN(Cc2cccnc2)CC1. The molecule has 0 spiro atoms. The number of amides is 1.